The van der Waals surface area contributed by atoms with Crippen LogP contribution >= 0.6 is 23.2 Å². The van der Waals surface area contributed by atoms with Crippen LogP contribution in [-0.2, 0) is 9.53 Å². The molecule has 5 nitrogen and oxygen atoms in total. The van der Waals surface area contributed by atoms with Gasteiger partial charge in [0.25, 0.3) is 0 Å². The Morgan fingerprint density at radius 2 is 1.88 bits per heavy atom. The van der Waals surface area contributed by atoms with Gasteiger partial charge < -0.3 is 20.1 Å². The molecule has 7 heteroatoms. The lowest BCUT2D eigenvalue weighted by Gasteiger charge is -2.18. The number of methoxy groups -OCH3 is 1. The number of anilines is 2. The molecule has 0 saturated carbocycles. The van der Waals surface area contributed by atoms with Gasteiger partial charge in [-0.15, -0.1) is 0 Å². The van der Waals surface area contributed by atoms with Crippen LogP contribution < -0.4 is 15.4 Å². The summed E-state index contributed by atoms with van der Waals surface area (Å²) in [6.07, 6.45) is 0. The van der Waals surface area contributed by atoms with E-state index < -0.39 is 6.04 Å². The maximum absolute atomic E-state index is 12.4. The highest BCUT2D eigenvalue weighted by Gasteiger charge is 2.16. The van der Waals surface area contributed by atoms with Gasteiger partial charge in [-0.1, -0.05) is 35.3 Å². The number of hydrogen-bond acceptors (Lipinski definition) is 4. The third-order valence-corrected chi connectivity index (χ3v) is 3.93. The smallest absolute Gasteiger partial charge is 0.246 e. The monoisotopic (exact) mass is 382 g/mol. The molecule has 0 fully saturated rings. The molecule has 2 aromatic rings. The lowest BCUT2D eigenvalue weighted by atomic mass is 10.2. The molecule has 0 heterocycles. The molecule has 1 unspecified atom stereocenters. The van der Waals surface area contributed by atoms with Crippen LogP contribution in [0.3, 0.4) is 0 Å². The molecular weight excluding hydrogens is 363 g/mol. The summed E-state index contributed by atoms with van der Waals surface area (Å²) >= 11 is 11.9. The number of amides is 1. The van der Waals surface area contributed by atoms with Crippen LogP contribution in [0.2, 0.25) is 10.0 Å². The summed E-state index contributed by atoms with van der Waals surface area (Å²) in [5.41, 5.74) is 1.23. The number of nitrogens with one attached hydrogen (secondary N) is 2. The van der Waals surface area contributed by atoms with Crippen LogP contribution in [0.5, 0.6) is 5.75 Å². The Labute approximate surface area is 157 Å². The first kappa shape index (κ1) is 19.4. The fourth-order valence-electron chi connectivity index (χ4n) is 2.08. The van der Waals surface area contributed by atoms with E-state index in [1.165, 1.54) is 0 Å². The minimum absolute atomic E-state index is 0.226. The predicted molar refractivity (Wildman–Crippen MR) is 102 cm³/mol. The van der Waals surface area contributed by atoms with Crippen LogP contribution in [0.4, 0.5) is 11.4 Å². The number of hydrogen-bond donors (Lipinski definition) is 2. The van der Waals surface area contributed by atoms with Crippen molar-refractivity contribution in [2.45, 2.75) is 13.0 Å². The normalized spacial score (nSPS) is 11.7. The van der Waals surface area contributed by atoms with Gasteiger partial charge in [-0.2, -0.15) is 0 Å². The molecule has 0 aliphatic heterocycles. The first-order valence-electron chi connectivity index (χ1n) is 7.74. The average Bonchev–Trinajstić information content (AvgIpc) is 2.59. The van der Waals surface area contributed by atoms with Crippen LogP contribution in [0.15, 0.2) is 42.5 Å². The Morgan fingerprint density at radius 1 is 1.12 bits per heavy atom. The minimum Gasteiger partial charge on any atom is -0.489 e. The molecule has 2 aromatic carbocycles. The van der Waals surface area contributed by atoms with Crippen molar-refractivity contribution in [1.82, 2.24) is 0 Å². The van der Waals surface area contributed by atoms with Crippen molar-refractivity contribution in [3.8, 4) is 5.75 Å². The maximum atomic E-state index is 12.4. The van der Waals surface area contributed by atoms with Gasteiger partial charge in [-0.05, 0) is 37.3 Å². The standard InChI is InChI=1S/C18H20Cl2N2O3/c1-12(18(23)22-15-8-7-13(19)11-14(15)20)21-16-5-3-4-6-17(16)25-10-9-24-2/h3-8,11-12,21H,9-10H2,1-2H3,(H,22,23). The molecule has 0 aliphatic carbocycles. The van der Waals surface area contributed by atoms with E-state index in [9.17, 15) is 4.79 Å². The van der Waals surface area contributed by atoms with E-state index in [2.05, 4.69) is 10.6 Å². The SMILES string of the molecule is COCCOc1ccccc1NC(C)C(=O)Nc1ccc(Cl)cc1Cl. The lowest BCUT2D eigenvalue weighted by Crippen LogP contribution is -2.32. The molecule has 1 atom stereocenters. The molecule has 0 radical (unpaired) electrons. The summed E-state index contributed by atoms with van der Waals surface area (Å²) in [5, 5.41) is 6.81. The number of benzene rings is 2. The van der Waals surface area contributed by atoms with E-state index in [4.69, 9.17) is 32.7 Å². The number of carbonyl (C=O) groups excluding carboxylic acids is 1. The zero-order chi connectivity index (χ0) is 18.2. The molecule has 0 saturated heterocycles. The fourth-order valence-corrected chi connectivity index (χ4v) is 2.53. The molecule has 0 spiro atoms. The van der Waals surface area contributed by atoms with Gasteiger partial charge in [0.2, 0.25) is 5.91 Å². The van der Waals surface area contributed by atoms with E-state index in [0.717, 1.165) is 5.69 Å². The van der Waals surface area contributed by atoms with Gasteiger partial charge in [0.15, 0.2) is 0 Å². The quantitative estimate of drug-likeness (QED) is 0.661. The first-order chi connectivity index (χ1) is 12.0. The molecule has 2 N–H and O–H groups in total. The van der Waals surface area contributed by atoms with Gasteiger partial charge in [0.05, 0.1) is 23.0 Å². The summed E-state index contributed by atoms with van der Waals surface area (Å²) in [6.45, 7) is 2.67. The van der Waals surface area contributed by atoms with Gasteiger partial charge in [0.1, 0.15) is 18.4 Å². The Hall–Kier alpha value is -1.95. The second-order valence-corrected chi connectivity index (χ2v) is 6.16. The largest absolute Gasteiger partial charge is 0.489 e. The van der Waals surface area contributed by atoms with Gasteiger partial charge in [-0.3, -0.25) is 4.79 Å². The lowest BCUT2D eigenvalue weighted by molar-refractivity contribution is -0.116. The Bertz CT molecular complexity index is 725. The summed E-state index contributed by atoms with van der Waals surface area (Å²) in [4.78, 5) is 12.4. The first-order valence-corrected chi connectivity index (χ1v) is 8.50. The highest BCUT2D eigenvalue weighted by molar-refractivity contribution is 6.36. The van der Waals surface area contributed by atoms with E-state index >= 15 is 0 Å². The molecule has 25 heavy (non-hydrogen) atoms. The Kier molecular flexibility index (Phi) is 7.37. The molecule has 2 rings (SSSR count). The number of rotatable bonds is 8. The van der Waals surface area contributed by atoms with E-state index in [1.807, 2.05) is 24.3 Å². The van der Waals surface area contributed by atoms with Crippen LogP contribution in [-0.4, -0.2) is 32.3 Å². The van der Waals surface area contributed by atoms with Crippen LogP contribution in [0.25, 0.3) is 0 Å². The van der Waals surface area contributed by atoms with Crippen molar-refractivity contribution >= 4 is 40.5 Å². The Balaban J connectivity index is 2.01. The third kappa shape index (κ3) is 5.81. The summed E-state index contributed by atoms with van der Waals surface area (Å²) in [6, 6.07) is 11.8. The number of para-hydroxylation sites is 2. The topological polar surface area (TPSA) is 59.6 Å². The average molecular weight is 383 g/mol. The van der Waals surface area contributed by atoms with E-state index in [-0.39, 0.29) is 5.91 Å². The highest BCUT2D eigenvalue weighted by Crippen LogP contribution is 2.27. The highest BCUT2D eigenvalue weighted by atomic mass is 35.5. The predicted octanol–water partition coefficient (Wildman–Crippen LogP) is 4.46. The van der Waals surface area contributed by atoms with Crippen molar-refractivity contribution in [2.75, 3.05) is 31.0 Å². The maximum Gasteiger partial charge on any atom is 0.246 e. The van der Waals surface area contributed by atoms with E-state index in [0.29, 0.717) is 34.7 Å². The third-order valence-electron chi connectivity index (χ3n) is 3.39. The zero-order valence-corrected chi connectivity index (χ0v) is 15.5. The number of ether oxygens (including phenoxy) is 2. The van der Waals surface area contributed by atoms with Crippen LogP contribution in [0, 0.1) is 0 Å². The molecule has 0 aromatic heterocycles. The van der Waals surface area contributed by atoms with Crippen molar-refractivity contribution < 1.29 is 14.3 Å². The zero-order valence-electron chi connectivity index (χ0n) is 14.0. The van der Waals surface area contributed by atoms with E-state index in [1.54, 1.807) is 32.2 Å². The molecule has 1 amide bonds. The van der Waals surface area contributed by atoms with Crippen molar-refractivity contribution in [3.05, 3.63) is 52.5 Å². The molecule has 134 valence electrons. The number of carbonyl (C=O) groups is 1. The van der Waals surface area contributed by atoms with Gasteiger partial charge >= 0.3 is 0 Å². The minimum atomic E-state index is -0.501. The second kappa shape index (κ2) is 9.51. The number of halogens is 2. The summed E-state index contributed by atoms with van der Waals surface area (Å²) in [7, 11) is 1.61. The fraction of sp³-hybridized carbons (Fsp3) is 0.278. The van der Waals surface area contributed by atoms with Gasteiger partial charge in [-0.25, -0.2) is 0 Å². The van der Waals surface area contributed by atoms with Crippen molar-refractivity contribution in [3.63, 3.8) is 0 Å². The van der Waals surface area contributed by atoms with Crippen molar-refractivity contribution in [1.29, 1.82) is 0 Å². The van der Waals surface area contributed by atoms with Crippen LogP contribution in [0.1, 0.15) is 6.92 Å². The second-order valence-electron chi connectivity index (χ2n) is 5.32. The Morgan fingerprint density at radius 3 is 2.60 bits per heavy atom. The van der Waals surface area contributed by atoms with Crippen molar-refractivity contribution in [2.24, 2.45) is 0 Å². The summed E-state index contributed by atoms with van der Waals surface area (Å²) in [5.74, 6) is 0.430. The summed E-state index contributed by atoms with van der Waals surface area (Å²) < 4.78 is 10.6. The molecule has 0 bridgehead atoms. The molecular formula is C18H20Cl2N2O3. The molecule has 0 aliphatic rings. The van der Waals surface area contributed by atoms with Gasteiger partial charge in [0, 0.05) is 12.1 Å².